The minimum atomic E-state index is -0.287. The molecule has 1 amide bonds. The fourth-order valence-corrected chi connectivity index (χ4v) is 3.19. The van der Waals surface area contributed by atoms with Gasteiger partial charge in [-0.25, -0.2) is 0 Å². The second-order valence-corrected chi connectivity index (χ2v) is 5.75. The molecule has 2 N–H and O–H groups in total. The molecule has 0 radical (unpaired) electrons. The number of nitrogens with zero attached hydrogens (tertiary/aromatic N) is 1. The van der Waals surface area contributed by atoms with E-state index in [0.29, 0.717) is 18.2 Å². The molecule has 0 aromatic carbocycles. The van der Waals surface area contributed by atoms with Gasteiger partial charge in [-0.15, -0.1) is 0 Å². The molecule has 1 aromatic rings. The average molecular weight is 275 g/mol. The predicted molar refractivity (Wildman–Crippen MR) is 78.0 cm³/mol. The van der Waals surface area contributed by atoms with Crippen LogP contribution in [0.5, 0.6) is 5.88 Å². The van der Waals surface area contributed by atoms with Crippen molar-refractivity contribution in [1.82, 2.24) is 4.98 Å². The van der Waals surface area contributed by atoms with Crippen molar-refractivity contribution in [3.05, 3.63) is 12.1 Å². The van der Waals surface area contributed by atoms with Gasteiger partial charge in [0, 0.05) is 12.6 Å². The van der Waals surface area contributed by atoms with Crippen molar-refractivity contribution >= 4 is 17.4 Å². The van der Waals surface area contributed by atoms with Crippen molar-refractivity contribution < 1.29 is 9.53 Å². The zero-order chi connectivity index (χ0) is 14.0. The lowest BCUT2D eigenvalue weighted by Crippen LogP contribution is -2.39. The molecular weight excluding hydrogens is 254 g/mol. The molecule has 3 rings (SSSR count). The van der Waals surface area contributed by atoms with E-state index >= 15 is 0 Å². The third-order valence-electron chi connectivity index (χ3n) is 4.46. The molecule has 1 aliphatic heterocycles. The van der Waals surface area contributed by atoms with E-state index in [-0.39, 0.29) is 11.3 Å². The van der Waals surface area contributed by atoms with Gasteiger partial charge < -0.3 is 15.4 Å². The largest absolute Gasteiger partial charge is 0.481 e. The summed E-state index contributed by atoms with van der Waals surface area (Å²) in [6.45, 7) is 0.659. The second-order valence-electron chi connectivity index (χ2n) is 5.75. The van der Waals surface area contributed by atoms with Crippen LogP contribution in [0.4, 0.5) is 11.5 Å². The van der Waals surface area contributed by atoms with Crippen molar-refractivity contribution in [2.75, 3.05) is 24.3 Å². The minimum Gasteiger partial charge on any atom is -0.481 e. The van der Waals surface area contributed by atoms with Crippen LogP contribution in [0.3, 0.4) is 0 Å². The SMILES string of the molecule is COc1ccc2c(n1)NCC1(CCCCCC1)C(=O)N2. The lowest BCUT2D eigenvalue weighted by atomic mass is 9.79. The van der Waals surface area contributed by atoms with E-state index in [1.807, 2.05) is 6.07 Å². The quantitative estimate of drug-likeness (QED) is 0.827. The molecule has 1 saturated carbocycles. The molecule has 1 spiro atoms. The molecule has 1 aliphatic carbocycles. The molecular formula is C15H21N3O2. The minimum absolute atomic E-state index is 0.137. The van der Waals surface area contributed by atoms with Crippen molar-refractivity contribution in [2.24, 2.45) is 5.41 Å². The molecule has 0 unspecified atom stereocenters. The number of aromatic nitrogens is 1. The first kappa shape index (κ1) is 13.2. The summed E-state index contributed by atoms with van der Waals surface area (Å²) in [7, 11) is 1.59. The maximum Gasteiger partial charge on any atom is 0.232 e. The van der Waals surface area contributed by atoms with Gasteiger partial charge >= 0.3 is 0 Å². The molecule has 1 fully saturated rings. The third kappa shape index (κ3) is 2.32. The number of nitrogens with one attached hydrogen (secondary N) is 2. The molecule has 2 aliphatic rings. The number of hydrogen-bond acceptors (Lipinski definition) is 4. The van der Waals surface area contributed by atoms with Crippen molar-refractivity contribution in [2.45, 2.75) is 38.5 Å². The summed E-state index contributed by atoms with van der Waals surface area (Å²) in [5, 5.41) is 6.39. The summed E-state index contributed by atoms with van der Waals surface area (Å²) < 4.78 is 5.14. The molecule has 0 atom stereocenters. The van der Waals surface area contributed by atoms with Crippen LogP contribution in [0.15, 0.2) is 12.1 Å². The van der Waals surface area contributed by atoms with Gasteiger partial charge in [-0.1, -0.05) is 25.7 Å². The third-order valence-corrected chi connectivity index (χ3v) is 4.46. The Balaban J connectivity index is 1.89. The first-order valence-corrected chi connectivity index (χ1v) is 7.34. The summed E-state index contributed by atoms with van der Waals surface area (Å²) in [6, 6.07) is 3.62. The number of carbonyl (C=O) groups is 1. The molecule has 5 nitrogen and oxygen atoms in total. The summed E-state index contributed by atoms with van der Waals surface area (Å²) in [4.78, 5) is 17.0. The molecule has 1 aromatic heterocycles. The number of amides is 1. The fraction of sp³-hybridized carbons (Fsp3) is 0.600. The van der Waals surface area contributed by atoms with Gasteiger partial charge in [0.15, 0.2) is 5.82 Å². The Kier molecular flexibility index (Phi) is 3.51. The predicted octanol–water partition coefficient (Wildman–Crippen LogP) is 2.79. The maximum absolute atomic E-state index is 12.7. The highest BCUT2D eigenvalue weighted by molar-refractivity contribution is 5.99. The van der Waals surface area contributed by atoms with Gasteiger partial charge in [0.25, 0.3) is 0 Å². The molecule has 20 heavy (non-hydrogen) atoms. The molecule has 5 heteroatoms. The van der Waals surface area contributed by atoms with Crippen LogP contribution in [-0.2, 0) is 4.79 Å². The van der Waals surface area contributed by atoms with Crippen LogP contribution in [-0.4, -0.2) is 24.5 Å². The smallest absolute Gasteiger partial charge is 0.232 e. The van der Waals surface area contributed by atoms with E-state index in [0.717, 1.165) is 31.4 Å². The Morgan fingerprint density at radius 1 is 1.20 bits per heavy atom. The second kappa shape index (κ2) is 5.31. The summed E-state index contributed by atoms with van der Waals surface area (Å²) in [5.74, 6) is 1.40. The van der Waals surface area contributed by atoms with E-state index < -0.39 is 0 Å². The highest BCUT2D eigenvalue weighted by Crippen LogP contribution is 2.39. The zero-order valence-corrected chi connectivity index (χ0v) is 11.9. The van der Waals surface area contributed by atoms with Gasteiger partial charge in [-0.2, -0.15) is 4.98 Å². The number of fused-ring (bicyclic) bond motifs is 1. The van der Waals surface area contributed by atoms with Crippen molar-refractivity contribution in [3.8, 4) is 5.88 Å². The molecule has 2 heterocycles. The molecule has 0 bridgehead atoms. The van der Waals surface area contributed by atoms with E-state index in [4.69, 9.17) is 4.74 Å². The highest BCUT2D eigenvalue weighted by atomic mass is 16.5. The summed E-state index contributed by atoms with van der Waals surface area (Å²) in [6.07, 6.45) is 6.63. The van der Waals surface area contributed by atoms with Crippen molar-refractivity contribution in [1.29, 1.82) is 0 Å². The van der Waals surface area contributed by atoms with E-state index in [1.54, 1.807) is 13.2 Å². The monoisotopic (exact) mass is 275 g/mol. The standard InChI is InChI=1S/C15H21N3O2/c1-20-12-7-6-11-13(18-12)16-10-15(14(19)17-11)8-4-2-3-5-9-15/h6-7H,2-5,8-10H2,1H3,(H,16,18)(H,17,19). The maximum atomic E-state index is 12.7. The van der Waals surface area contributed by atoms with Gasteiger partial charge in [-0.3, -0.25) is 4.79 Å². The Morgan fingerprint density at radius 3 is 2.65 bits per heavy atom. The number of methoxy groups -OCH3 is 1. The fourth-order valence-electron chi connectivity index (χ4n) is 3.19. The van der Waals surface area contributed by atoms with E-state index in [2.05, 4.69) is 15.6 Å². The van der Waals surface area contributed by atoms with Crippen LogP contribution in [0, 0.1) is 5.41 Å². The van der Waals surface area contributed by atoms with Crippen molar-refractivity contribution in [3.63, 3.8) is 0 Å². The van der Waals surface area contributed by atoms with Crippen LogP contribution >= 0.6 is 0 Å². The number of carbonyl (C=O) groups excluding carboxylic acids is 1. The average Bonchev–Trinajstić information content (AvgIpc) is 2.78. The Bertz CT molecular complexity index is 508. The van der Waals surface area contributed by atoms with Crippen LogP contribution < -0.4 is 15.4 Å². The van der Waals surface area contributed by atoms with Gasteiger partial charge in [-0.05, 0) is 18.9 Å². The lowest BCUT2D eigenvalue weighted by molar-refractivity contribution is -0.125. The van der Waals surface area contributed by atoms with Crippen LogP contribution in [0.25, 0.3) is 0 Å². The van der Waals surface area contributed by atoms with Gasteiger partial charge in [0.2, 0.25) is 11.8 Å². The number of hydrogen-bond donors (Lipinski definition) is 2. The van der Waals surface area contributed by atoms with Gasteiger partial charge in [0.05, 0.1) is 18.2 Å². The Hall–Kier alpha value is -1.78. The number of anilines is 2. The normalized spacial score (nSPS) is 21.1. The number of pyridine rings is 1. The number of ether oxygens (including phenoxy) is 1. The first-order valence-electron chi connectivity index (χ1n) is 7.34. The van der Waals surface area contributed by atoms with Gasteiger partial charge in [0.1, 0.15) is 0 Å². The molecule has 0 saturated heterocycles. The summed E-state index contributed by atoms with van der Waals surface area (Å²) >= 11 is 0. The topological polar surface area (TPSA) is 63.2 Å². The van der Waals surface area contributed by atoms with Crippen LogP contribution in [0.2, 0.25) is 0 Å². The van der Waals surface area contributed by atoms with E-state index in [9.17, 15) is 4.79 Å². The first-order chi connectivity index (χ1) is 9.73. The lowest BCUT2D eigenvalue weighted by Gasteiger charge is -2.29. The number of rotatable bonds is 1. The zero-order valence-electron chi connectivity index (χ0n) is 11.9. The summed E-state index contributed by atoms with van der Waals surface area (Å²) in [5.41, 5.74) is 0.460. The van der Waals surface area contributed by atoms with Crippen LogP contribution in [0.1, 0.15) is 38.5 Å². The Labute approximate surface area is 119 Å². The molecule has 108 valence electrons. The van der Waals surface area contributed by atoms with E-state index in [1.165, 1.54) is 12.8 Å². The highest BCUT2D eigenvalue weighted by Gasteiger charge is 2.40. The Morgan fingerprint density at radius 2 is 1.95 bits per heavy atom.